The highest BCUT2D eigenvalue weighted by molar-refractivity contribution is 5.87. The number of carboxylic acid groups (broad SMARTS) is 1. The summed E-state index contributed by atoms with van der Waals surface area (Å²) in [4.78, 5) is 35.0. The number of nitrogens with zero attached hydrogens (tertiary/aromatic N) is 2. The Bertz CT molecular complexity index is 319. The molecule has 1 fully saturated rings. The van der Waals surface area contributed by atoms with Crippen LogP contribution in [0.5, 0.6) is 0 Å². The second kappa shape index (κ2) is 5.75. The van der Waals surface area contributed by atoms with Gasteiger partial charge in [-0.1, -0.05) is 25.4 Å². The standard InChI is InChI=1S/C11H18N2O4/c1-3-7(2)9(12-17)10(14)13-6-4-5-8(13)11(15)16/h7-9H,3-6H2,1-2H3,(H,15,16)/t7-,8-,9-/m0/s1. The third-order valence-corrected chi connectivity index (χ3v) is 3.37. The minimum absolute atomic E-state index is 0.157. The van der Waals surface area contributed by atoms with Crippen molar-refractivity contribution in [2.45, 2.75) is 45.2 Å². The van der Waals surface area contributed by atoms with Crippen LogP contribution >= 0.6 is 0 Å². The molecule has 0 bridgehead atoms. The number of amides is 1. The van der Waals surface area contributed by atoms with Gasteiger partial charge in [-0.15, -0.1) is 4.91 Å². The normalized spacial score (nSPS) is 23.2. The van der Waals surface area contributed by atoms with Crippen molar-refractivity contribution in [2.24, 2.45) is 11.1 Å². The fourth-order valence-corrected chi connectivity index (χ4v) is 2.07. The van der Waals surface area contributed by atoms with E-state index in [4.69, 9.17) is 5.11 Å². The molecule has 1 amide bonds. The number of carbonyl (C=O) groups excluding carboxylic acids is 1. The van der Waals surface area contributed by atoms with Crippen LogP contribution in [-0.4, -0.2) is 40.5 Å². The smallest absolute Gasteiger partial charge is 0.326 e. The summed E-state index contributed by atoms with van der Waals surface area (Å²) in [7, 11) is 0. The topological polar surface area (TPSA) is 87.0 Å². The van der Waals surface area contributed by atoms with Crippen molar-refractivity contribution in [3.63, 3.8) is 0 Å². The van der Waals surface area contributed by atoms with Crippen molar-refractivity contribution in [1.29, 1.82) is 0 Å². The molecule has 96 valence electrons. The van der Waals surface area contributed by atoms with Crippen molar-refractivity contribution in [1.82, 2.24) is 4.90 Å². The highest BCUT2D eigenvalue weighted by atomic mass is 16.4. The first-order chi connectivity index (χ1) is 8.02. The Labute approximate surface area is 100.0 Å². The van der Waals surface area contributed by atoms with E-state index in [0.717, 1.165) is 0 Å². The van der Waals surface area contributed by atoms with Crippen LogP contribution in [0.15, 0.2) is 5.18 Å². The highest BCUT2D eigenvalue weighted by Gasteiger charge is 2.39. The van der Waals surface area contributed by atoms with Gasteiger partial charge in [0.25, 0.3) is 5.91 Å². The van der Waals surface area contributed by atoms with Crippen LogP contribution in [0.3, 0.4) is 0 Å². The van der Waals surface area contributed by atoms with Crippen LogP contribution in [0.4, 0.5) is 0 Å². The molecule has 0 aliphatic carbocycles. The van der Waals surface area contributed by atoms with Crippen LogP contribution < -0.4 is 0 Å². The predicted octanol–water partition coefficient (Wildman–Crippen LogP) is 1.24. The van der Waals surface area contributed by atoms with Gasteiger partial charge < -0.3 is 10.0 Å². The molecule has 1 aliphatic rings. The summed E-state index contributed by atoms with van der Waals surface area (Å²) in [6.45, 7) is 4.04. The van der Waals surface area contributed by atoms with Crippen LogP contribution in [0.25, 0.3) is 0 Å². The van der Waals surface area contributed by atoms with Crippen LogP contribution in [0.2, 0.25) is 0 Å². The highest BCUT2D eigenvalue weighted by Crippen LogP contribution is 2.22. The number of carbonyl (C=O) groups is 2. The molecular formula is C11H18N2O4. The van der Waals surface area contributed by atoms with Crippen molar-refractivity contribution in [2.75, 3.05) is 6.54 Å². The van der Waals surface area contributed by atoms with Gasteiger partial charge in [0.2, 0.25) is 0 Å². The van der Waals surface area contributed by atoms with Gasteiger partial charge in [0, 0.05) is 6.54 Å². The zero-order chi connectivity index (χ0) is 13.0. The van der Waals surface area contributed by atoms with E-state index in [1.807, 2.05) is 6.92 Å². The van der Waals surface area contributed by atoms with E-state index in [-0.39, 0.29) is 5.92 Å². The van der Waals surface area contributed by atoms with Gasteiger partial charge >= 0.3 is 5.97 Å². The fourth-order valence-electron chi connectivity index (χ4n) is 2.07. The van der Waals surface area contributed by atoms with E-state index >= 15 is 0 Å². The number of hydrogen-bond donors (Lipinski definition) is 1. The quantitative estimate of drug-likeness (QED) is 0.735. The maximum absolute atomic E-state index is 12.1. The molecule has 0 aromatic carbocycles. The molecule has 0 aromatic rings. The summed E-state index contributed by atoms with van der Waals surface area (Å²) >= 11 is 0. The molecule has 0 unspecified atom stereocenters. The molecule has 6 nitrogen and oxygen atoms in total. The molecule has 6 heteroatoms. The first-order valence-corrected chi connectivity index (χ1v) is 5.88. The van der Waals surface area contributed by atoms with E-state index in [1.54, 1.807) is 6.92 Å². The molecule has 0 saturated carbocycles. The molecule has 1 rings (SSSR count). The van der Waals surface area contributed by atoms with E-state index in [9.17, 15) is 14.5 Å². The molecule has 0 radical (unpaired) electrons. The van der Waals surface area contributed by atoms with E-state index < -0.39 is 24.0 Å². The Hall–Kier alpha value is -1.46. The van der Waals surface area contributed by atoms with Crippen LogP contribution in [0, 0.1) is 10.8 Å². The molecule has 1 aliphatic heterocycles. The van der Waals surface area contributed by atoms with Crippen LogP contribution in [0.1, 0.15) is 33.1 Å². The average molecular weight is 242 g/mol. The summed E-state index contributed by atoms with van der Waals surface area (Å²) in [5.74, 6) is -1.61. The zero-order valence-corrected chi connectivity index (χ0v) is 10.1. The number of nitroso groups, excluding NO2 is 1. The van der Waals surface area contributed by atoms with Crippen molar-refractivity contribution >= 4 is 11.9 Å². The summed E-state index contributed by atoms with van der Waals surface area (Å²) in [6, 6.07) is -1.75. The van der Waals surface area contributed by atoms with Crippen molar-refractivity contribution < 1.29 is 14.7 Å². The number of rotatable bonds is 5. The lowest BCUT2D eigenvalue weighted by Gasteiger charge is -2.25. The van der Waals surface area contributed by atoms with E-state index in [2.05, 4.69) is 5.18 Å². The van der Waals surface area contributed by atoms with E-state index in [0.29, 0.717) is 25.8 Å². The molecule has 17 heavy (non-hydrogen) atoms. The summed E-state index contributed by atoms with van der Waals surface area (Å²) in [5, 5.41) is 11.8. The SMILES string of the molecule is CC[C@H](C)[C@H](N=O)C(=O)N1CCC[C@H]1C(=O)O. The Morgan fingerprint density at radius 3 is 2.65 bits per heavy atom. The molecule has 3 atom stereocenters. The second-order valence-electron chi connectivity index (χ2n) is 4.46. The number of aliphatic carboxylic acids is 1. The lowest BCUT2D eigenvalue weighted by molar-refractivity contribution is -0.149. The molecule has 0 aromatic heterocycles. The van der Waals surface area contributed by atoms with Gasteiger partial charge in [0.1, 0.15) is 6.04 Å². The number of carboxylic acids is 1. The molecule has 1 saturated heterocycles. The lowest BCUT2D eigenvalue weighted by atomic mass is 9.98. The fraction of sp³-hybridized carbons (Fsp3) is 0.818. The third kappa shape index (κ3) is 2.81. The van der Waals surface area contributed by atoms with Gasteiger partial charge in [-0.3, -0.25) is 4.79 Å². The molecule has 1 heterocycles. The van der Waals surface area contributed by atoms with Gasteiger partial charge in [-0.25, -0.2) is 4.79 Å². The van der Waals surface area contributed by atoms with Gasteiger partial charge in [0.05, 0.1) is 0 Å². The molecular weight excluding hydrogens is 224 g/mol. The maximum atomic E-state index is 12.1. The van der Waals surface area contributed by atoms with Gasteiger partial charge in [0.15, 0.2) is 6.04 Å². The monoisotopic (exact) mass is 242 g/mol. The summed E-state index contributed by atoms with van der Waals surface area (Å²) < 4.78 is 0. The van der Waals surface area contributed by atoms with Gasteiger partial charge in [-0.05, 0) is 18.8 Å². The molecule has 0 spiro atoms. The van der Waals surface area contributed by atoms with Crippen LogP contribution in [-0.2, 0) is 9.59 Å². The number of likely N-dealkylation sites (tertiary alicyclic amines) is 1. The Balaban J connectivity index is 2.80. The zero-order valence-electron chi connectivity index (χ0n) is 10.1. The first-order valence-electron chi connectivity index (χ1n) is 5.88. The van der Waals surface area contributed by atoms with Crippen molar-refractivity contribution in [3.05, 3.63) is 4.91 Å². The largest absolute Gasteiger partial charge is 0.480 e. The average Bonchev–Trinajstić information content (AvgIpc) is 2.78. The van der Waals surface area contributed by atoms with Gasteiger partial charge in [-0.2, -0.15) is 0 Å². The van der Waals surface area contributed by atoms with E-state index in [1.165, 1.54) is 4.90 Å². The summed E-state index contributed by atoms with van der Waals surface area (Å²) in [5.41, 5.74) is 0. The lowest BCUT2D eigenvalue weighted by Crippen LogP contribution is -2.46. The second-order valence-corrected chi connectivity index (χ2v) is 4.46. The Morgan fingerprint density at radius 1 is 1.53 bits per heavy atom. The first kappa shape index (κ1) is 13.6. The Kier molecular flexibility index (Phi) is 4.60. The summed E-state index contributed by atoms with van der Waals surface area (Å²) in [6.07, 6.45) is 1.77. The number of hydrogen-bond acceptors (Lipinski definition) is 4. The third-order valence-electron chi connectivity index (χ3n) is 3.37. The minimum Gasteiger partial charge on any atom is -0.480 e. The molecule has 1 N–H and O–H groups in total. The van der Waals surface area contributed by atoms with Crippen molar-refractivity contribution in [3.8, 4) is 0 Å². The minimum atomic E-state index is -1.01. The maximum Gasteiger partial charge on any atom is 0.326 e. The Morgan fingerprint density at radius 2 is 2.18 bits per heavy atom. The predicted molar refractivity (Wildman–Crippen MR) is 61.4 cm³/mol.